The maximum atomic E-state index is 11.3. The Morgan fingerprint density at radius 3 is 2.62 bits per heavy atom. The van der Waals surface area contributed by atoms with Crippen LogP contribution in [0.25, 0.3) is 0 Å². The molecule has 0 radical (unpaired) electrons. The number of rotatable bonds is 3. The van der Waals surface area contributed by atoms with Gasteiger partial charge in [0.2, 0.25) is 0 Å². The molecule has 1 aliphatic heterocycles. The summed E-state index contributed by atoms with van der Waals surface area (Å²) in [5.74, 6) is 0. The van der Waals surface area contributed by atoms with Gasteiger partial charge >= 0.3 is 0 Å². The molecule has 5 heteroatoms. The molecule has 1 fully saturated rings. The van der Waals surface area contributed by atoms with Crippen LogP contribution in [-0.4, -0.2) is 25.3 Å². The van der Waals surface area contributed by atoms with Crippen LogP contribution in [0.1, 0.15) is 18.4 Å². The summed E-state index contributed by atoms with van der Waals surface area (Å²) in [4.78, 5) is 0. The third-order valence-corrected chi connectivity index (χ3v) is 4.10. The summed E-state index contributed by atoms with van der Waals surface area (Å²) in [6.07, 6.45) is 2.54. The number of hydrogen-bond donors (Lipinski definition) is 1. The Balaban J connectivity index is 2.11. The molecule has 2 rings (SSSR count). The third-order valence-electron chi connectivity index (χ3n) is 2.96. The van der Waals surface area contributed by atoms with Gasteiger partial charge in [-0.2, -0.15) is 12.7 Å². The molecule has 4 nitrogen and oxygen atoms in total. The van der Waals surface area contributed by atoms with Crippen molar-refractivity contribution in [3.63, 3.8) is 0 Å². The second-order valence-electron chi connectivity index (χ2n) is 4.14. The predicted molar refractivity (Wildman–Crippen MR) is 63.0 cm³/mol. The van der Waals surface area contributed by atoms with Gasteiger partial charge in [0.25, 0.3) is 10.2 Å². The van der Waals surface area contributed by atoms with E-state index in [4.69, 9.17) is 5.14 Å². The summed E-state index contributed by atoms with van der Waals surface area (Å²) in [7, 11) is -3.54. The maximum absolute atomic E-state index is 11.3. The highest BCUT2D eigenvalue weighted by Gasteiger charge is 2.31. The van der Waals surface area contributed by atoms with E-state index in [0.717, 1.165) is 24.8 Å². The largest absolute Gasteiger partial charge is 0.277 e. The van der Waals surface area contributed by atoms with E-state index in [0.29, 0.717) is 6.54 Å². The normalized spacial score (nSPS) is 22.4. The van der Waals surface area contributed by atoms with Crippen LogP contribution in [0.2, 0.25) is 0 Å². The van der Waals surface area contributed by atoms with Crippen molar-refractivity contribution >= 4 is 10.2 Å². The molecule has 1 saturated heterocycles. The summed E-state index contributed by atoms with van der Waals surface area (Å²) in [6.45, 7) is 0.552. The molecule has 0 aliphatic carbocycles. The monoisotopic (exact) mass is 240 g/mol. The van der Waals surface area contributed by atoms with Gasteiger partial charge in [-0.05, 0) is 24.8 Å². The molecular formula is C11H16N2O2S. The van der Waals surface area contributed by atoms with E-state index in [1.165, 1.54) is 4.31 Å². The highest BCUT2D eigenvalue weighted by Crippen LogP contribution is 2.22. The van der Waals surface area contributed by atoms with Crippen LogP contribution in [-0.2, 0) is 16.6 Å². The van der Waals surface area contributed by atoms with Crippen molar-refractivity contribution in [3.8, 4) is 0 Å². The van der Waals surface area contributed by atoms with Crippen molar-refractivity contribution in [3.05, 3.63) is 35.9 Å². The van der Waals surface area contributed by atoms with Crippen LogP contribution in [0.3, 0.4) is 0 Å². The number of nitrogens with zero attached hydrogens (tertiary/aromatic N) is 1. The first-order chi connectivity index (χ1) is 7.57. The summed E-state index contributed by atoms with van der Waals surface area (Å²) in [6, 6.07) is 9.93. The van der Waals surface area contributed by atoms with Gasteiger partial charge in [-0.3, -0.25) is 0 Å². The first kappa shape index (κ1) is 11.6. The maximum Gasteiger partial charge on any atom is 0.277 e. The molecule has 0 bridgehead atoms. The van der Waals surface area contributed by atoms with Crippen molar-refractivity contribution < 1.29 is 8.42 Å². The highest BCUT2D eigenvalue weighted by atomic mass is 32.2. The van der Waals surface area contributed by atoms with E-state index < -0.39 is 10.2 Å². The van der Waals surface area contributed by atoms with Crippen molar-refractivity contribution in [2.24, 2.45) is 5.14 Å². The molecule has 1 atom stereocenters. The lowest BCUT2D eigenvalue weighted by atomic mass is 10.1. The second-order valence-corrected chi connectivity index (χ2v) is 5.64. The predicted octanol–water partition coefficient (Wildman–Crippen LogP) is 0.897. The van der Waals surface area contributed by atoms with Gasteiger partial charge in [0.15, 0.2) is 0 Å². The lowest BCUT2D eigenvalue weighted by Crippen LogP contribution is -2.41. The molecular weight excluding hydrogens is 224 g/mol. The van der Waals surface area contributed by atoms with Crippen LogP contribution < -0.4 is 5.14 Å². The fraction of sp³-hybridized carbons (Fsp3) is 0.455. The molecule has 1 aromatic carbocycles. The molecule has 1 aromatic rings. The van der Waals surface area contributed by atoms with E-state index in [-0.39, 0.29) is 6.04 Å². The zero-order valence-electron chi connectivity index (χ0n) is 9.04. The highest BCUT2D eigenvalue weighted by molar-refractivity contribution is 7.86. The molecule has 2 N–H and O–H groups in total. The van der Waals surface area contributed by atoms with E-state index in [9.17, 15) is 8.42 Å². The third kappa shape index (κ3) is 2.61. The van der Waals surface area contributed by atoms with Crippen molar-refractivity contribution in [2.45, 2.75) is 25.3 Å². The van der Waals surface area contributed by atoms with Gasteiger partial charge in [0.05, 0.1) is 0 Å². The van der Waals surface area contributed by atoms with Gasteiger partial charge in [0, 0.05) is 12.6 Å². The fourth-order valence-corrected chi connectivity index (χ4v) is 3.21. The van der Waals surface area contributed by atoms with E-state index in [1.54, 1.807) is 0 Å². The van der Waals surface area contributed by atoms with Crippen LogP contribution in [0, 0.1) is 0 Å². The zero-order chi connectivity index (χ0) is 11.6. The molecule has 0 spiro atoms. The molecule has 88 valence electrons. The fourth-order valence-electron chi connectivity index (χ4n) is 2.23. The molecule has 1 unspecified atom stereocenters. The smallest absolute Gasteiger partial charge is 0.216 e. The summed E-state index contributed by atoms with van der Waals surface area (Å²) in [5, 5.41) is 5.18. The number of nitrogens with two attached hydrogens (primary N) is 1. The van der Waals surface area contributed by atoms with E-state index >= 15 is 0 Å². The van der Waals surface area contributed by atoms with Crippen LogP contribution in [0.5, 0.6) is 0 Å². The van der Waals surface area contributed by atoms with Crippen LogP contribution in [0.15, 0.2) is 30.3 Å². The Hall–Kier alpha value is -0.910. The molecule has 1 heterocycles. The van der Waals surface area contributed by atoms with Gasteiger partial charge < -0.3 is 0 Å². The molecule has 0 saturated carbocycles. The van der Waals surface area contributed by atoms with Crippen molar-refractivity contribution in [2.75, 3.05) is 6.54 Å². The Kier molecular flexibility index (Phi) is 3.28. The SMILES string of the molecule is NS(=O)(=O)N1CCCC1Cc1ccccc1. The lowest BCUT2D eigenvalue weighted by molar-refractivity contribution is 0.386. The Morgan fingerprint density at radius 1 is 1.31 bits per heavy atom. The van der Waals surface area contributed by atoms with Gasteiger partial charge in [0.1, 0.15) is 0 Å². The summed E-state index contributed by atoms with van der Waals surface area (Å²) >= 11 is 0. The van der Waals surface area contributed by atoms with Crippen LogP contribution >= 0.6 is 0 Å². The van der Waals surface area contributed by atoms with Gasteiger partial charge in [-0.25, -0.2) is 5.14 Å². The average Bonchev–Trinajstić information content (AvgIpc) is 2.67. The van der Waals surface area contributed by atoms with E-state index in [1.807, 2.05) is 30.3 Å². The first-order valence-corrected chi connectivity index (χ1v) is 6.91. The summed E-state index contributed by atoms with van der Waals surface area (Å²) < 4.78 is 24.1. The Labute approximate surface area is 96.2 Å². The number of benzene rings is 1. The lowest BCUT2D eigenvalue weighted by Gasteiger charge is -2.21. The zero-order valence-corrected chi connectivity index (χ0v) is 9.86. The molecule has 16 heavy (non-hydrogen) atoms. The average molecular weight is 240 g/mol. The number of hydrogen-bond acceptors (Lipinski definition) is 2. The molecule has 1 aliphatic rings. The van der Waals surface area contributed by atoms with Crippen molar-refractivity contribution in [1.29, 1.82) is 0 Å². The van der Waals surface area contributed by atoms with Crippen molar-refractivity contribution in [1.82, 2.24) is 4.31 Å². The Morgan fingerprint density at radius 2 is 2.00 bits per heavy atom. The first-order valence-electron chi connectivity index (χ1n) is 5.41. The van der Waals surface area contributed by atoms with E-state index in [2.05, 4.69) is 0 Å². The second kappa shape index (κ2) is 4.53. The molecule has 0 aromatic heterocycles. The molecule has 0 amide bonds. The van der Waals surface area contributed by atoms with Gasteiger partial charge in [-0.15, -0.1) is 0 Å². The topological polar surface area (TPSA) is 63.4 Å². The quantitative estimate of drug-likeness (QED) is 0.853. The standard InChI is InChI=1S/C11H16N2O2S/c12-16(14,15)13-8-4-7-11(13)9-10-5-2-1-3-6-10/h1-3,5-6,11H,4,7-9H2,(H2,12,14,15). The Bertz CT molecular complexity index is 444. The minimum absolute atomic E-state index is 0.0254. The minimum Gasteiger partial charge on any atom is -0.216 e. The minimum atomic E-state index is -3.54. The summed E-state index contributed by atoms with van der Waals surface area (Å²) in [5.41, 5.74) is 1.16. The van der Waals surface area contributed by atoms with Gasteiger partial charge in [-0.1, -0.05) is 30.3 Å². The van der Waals surface area contributed by atoms with Crippen LogP contribution in [0.4, 0.5) is 0 Å².